The minimum Gasteiger partial charge on any atom is -0.466 e. The number of benzene rings is 1. The van der Waals surface area contributed by atoms with Gasteiger partial charge in [0.15, 0.2) is 0 Å². The second-order valence-electron chi connectivity index (χ2n) is 9.97. The van der Waals surface area contributed by atoms with Gasteiger partial charge in [-0.2, -0.15) is 0 Å². The zero-order chi connectivity index (χ0) is 29.1. The van der Waals surface area contributed by atoms with Crippen LogP contribution in [0.2, 0.25) is 0 Å². The van der Waals surface area contributed by atoms with Crippen molar-refractivity contribution in [1.29, 1.82) is 0 Å². The number of likely N-dealkylation sites (N-methyl/N-ethyl adjacent to an activating group) is 1. The summed E-state index contributed by atoms with van der Waals surface area (Å²) in [5.74, 6) is -0.551. The van der Waals surface area contributed by atoms with E-state index in [4.69, 9.17) is 13.9 Å². The van der Waals surface area contributed by atoms with E-state index in [1.165, 1.54) is 18.3 Å². The van der Waals surface area contributed by atoms with Crippen LogP contribution in [0.3, 0.4) is 0 Å². The number of thiazole rings is 1. The minimum atomic E-state index is -0.441. The lowest BCUT2D eigenvalue weighted by Gasteiger charge is -2.43. The van der Waals surface area contributed by atoms with Gasteiger partial charge in [-0.3, -0.25) is 9.59 Å². The van der Waals surface area contributed by atoms with E-state index in [0.717, 1.165) is 67.5 Å². The van der Waals surface area contributed by atoms with Gasteiger partial charge in [-0.1, -0.05) is 13.8 Å². The van der Waals surface area contributed by atoms with Gasteiger partial charge in [-0.25, -0.2) is 9.78 Å². The fourth-order valence-corrected chi connectivity index (χ4v) is 5.56. The van der Waals surface area contributed by atoms with Crippen LogP contribution in [0.5, 0.6) is 0 Å². The van der Waals surface area contributed by atoms with Crippen LogP contribution in [-0.4, -0.2) is 74.4 Å². The van der Waals surface area contributed by atoms with Crippen molar-refractivity contribution in [3.63, 3.8) is 0 Å². The number of anilines is 1. The Bertz CT molecular complexity index is 1330. The predicted octanol–water partition coefficient (Wildman–Crippen LogP) is 5.05. The number of carbonyl (C=O) groups excluding carboxylic acids is 2. The highest BCUT2D eigenvalue weighted by atomic mass is 32.1. The van der Waals surface area contributed by atoms with Crippen molar-refractivity contribution in [3.05, 3.63) is 45.8 Å². The molecule has 218 valence electrons. The van der Waals surface area contributed by atoms with Crippen molar-refractivity contribution in [2.24, 2.45) is 0 Å². The largest absolute Gasteiger partial charge is 0.466 e. The molecule has 0 radical (unpaired) electrons. The second-order valence-corrected chi connectivity index (χ2v) is 10.8. The molecule has 40 heavy (non-hydrogen) atoms. The first-order chi connectivity index (χ1) is 19.3. The molecule has 1 aliphatic heterocycles. The Hall–Kier alpha value is -3.24. The second kappa shape index (κ2) is 14.9. The lowest BCUT2D eigenvalue weighted by Crippen LogP contribution is -2.57. The number of hydrogen-bond acceptors (Lipinski definition) is 9. The van der Waals surface area contributed by atoms with Crippen LogP contribution >= 0.6 is 11.3 Å². The van der Waals surface area contributed by atoms with Crippen LogP contribution < -0.4 is 10.5 Å². The summed E-state index contributed by atoms with van der Waals surface area (Å²) >= 11 is 1.31. The molecule has 1 saturated heterocycles. The van der Waals surface area contributed by atoms with Crippen LogP contribution in [0, 0.1) is 0 Å². The maximum absolute atomic E-state index is 12.8. The fourth-order valence-electron chi connectivity index (χ4n) is 4.74. The molecule has 10 heteroatoms. The van der Waals surface area contributed by atoms with Crippen LogP contribution in [0.1, 0.15) is 52.7 Å². The molecule has 1 fully saturated rings. The lowest BCUT2D eigenvalue weighted by molar-refractivity contribution is -0.910. The molecule has 0 unspecified atom stereocenters. The third kappa shape index (κ3) is 8.63. The number of quaternary nitrogens is 1. The number of carbonyl (C=O) groups is 2. The molecule has 0 saturated carbocycles. The van der Waals surface area contributed by atoms with E-state index in [1.807, 2.05) is 32.0 Å². The summed E-state index contributed by atoms with van der Waals surface area (Å²) in [6.45, 7) is 13.1. The molecule has 2 aromatic heterocycles. The van der Waals surface area contributed by atoms with Gasteiger partial charge in [0.1, 0.15) is 10.6 Å². The predicted molar refractivity (Wildman–Crippen MR) is 159 cm³/mol. The van der Waals surface area contributed by atoms with E-state index < -0.39 is 5.63 Å². The molecule has 0 amide bonds. The number of ether oxygens (including phenoxy) is 2. The van der Waals surface area contributed by atoms with Crippen molar-refractivity contribution in [2.45, 2.75) is 53.4 Å². The molecule has 0 bridgehead atoms. The number of aromatic nitrogens is 1. The molecule has 0 aliphatic carbocycles. The normalized spacial score (nSPS) is 14.4. The molecule has 1 aliphatic rings. The maximum atomic E-state index is 12.8. The number of fused-ring (bicyclic) bond motifs is 1. The lowest BCUT2D eigenvalue weighted by atomic mass is 10.1. The molecule has 9 nitrogen and oxygen atoms in total. The number of hydrogen-bond donors (Lipinski definition) is 0. The summed E-state index contributed by atoms with van der Waals surface area (Å²) in [4.78, 5) is 42.2. The van der Waals surface area contributed by atoms with Gasteiger partial charge in [0.25, 0.3) is 0 Å². The van der Waals surface area contributed by atoms with Crippen molar-refractivity contribution in [1.82, 2.24) is 4.98 Å². The van der Waals surface area contributed by atoms with Gasteiger partial charge >= 0.3 is 17.6 Å². The van der Waals surface area contributed by atoms with E-state index in [1.54, 1.807) is 12.3 Å². The Labute approximate surface area is 240 Å². The Morgan fingerprint density at radius 2 is 1.85 bits per heavy atom. The quantitative estimate of drug-likeness (QED) is 0.136. The van der Waals surface area contributed by atoms with Crippen molar-refractivity contribution >= 4 is 39.9 Å². The minimum absolute atomic E-state index is 0.0797. The number of nitrogens with zero attached hydrogens (tertiary/aromatic N) is 3. The first-order valence-electron chi connectivity index (χ1n) is 14.2. The maximum Gasteiger partial charge on any atom is 0.346 e. The fraction of sp³-hybridized carbons (Fsp3) is 0.533. The van der Waals surface area contributed by atoms with E-state index in [2.05, 4.69) is 23.0 Å². The summed E-state index contributed by atoms with van der Waals surface area (Å²) in [7, 11) is 2.31. The van der Waals surface area contributed by atoms with E-state index in [-0.39, 0.29) is 18.4 Å². The molecule has 3 aromatic rings. The van der Waals surface area contributed by atoms with Crippen LogP contribution in [0.25, 0.3) is 21.5 Å². The van der Waals surface area contributed by atoms with Crippen molar-refractivity contribution in [3.8, 4) is 10.6 Å². The SMILES string of the molecule is CC.CCOC(=O)Cc1csc(-c2cc3ccc(N4CC[N+](C)(CCCCCOC(C)=O)CC4)cc3oc2=O)n1. The van der Waals surface area contributed by atoms with Crippen LogP contribution in [-0.2, 0) is 25.5 Å². The van der Waals surface area contributed by atoms with E-state index >= 15 is 0 Å². The molecule has 0 atom stereocenters. The van der Waals surface area contributed by atoms with E-state index in [9.17, 15) is 14.4 Å². The zero-order valence-corrected chi connectivity index (χ0v) is 25.2. The van der Waals surface area contributed by atoms with Gasteiger partial charge in [-0.05, 0) is 44.4 Å². The van der Waals surface area contributed by atoms with Gasteiger partial charge in [-0.15, -0.1) is 11.3 Å². The highest BCUT2D eigenvalue weighted by Crippen LogP contribution is 2.28. The summed E-state index contributed by atoms with van der Waals surface area (Å²) in [5.41, 5.74) is 2.13. The summed E-state index contributed by atoms with van der Waals surface area (Å²) < 4.78 is 16.7. The summed E-state index contributed by atoms with van der Waals surface area (Å²) in [5, 5.41) is 3.13. The monoisotopic (exact) mass is 572 g/mol. The number of rotatable bonds is 11. The summed E-state index contributed by atoms with van der Waals surface area (Å²) in [6.07, 6.45) is 3.16. The Balaban J connectivity index is 0.00000216. The highest BCUT2D eigenvalue weighted by Gasteiger charge is 2.28. The third-order valence-electron chi connectivity index (χ3n) is 6.96. The molecule has 1 aromatic carbocycles. The van der Waals surface area contributed by atoms with Gasteiger partial charge < -0.3 is 23.3 Å². The molecule has 3 heterocycles. The van der Waals surface area contributed by atoms with Crippen molar-refractivity contribution in [2.75, 3.05) is 57.9 Å². The average molecular weight is 573 g/mol. The molecular weight excluding hydrogens is 530 g/mol. The van der Waals surface area contributed by atoms with Gasteiger partial charge in [0.05, 0.1) is 70.7 Å². The Morgan fingerprint density at radius 1 is 1.10 bits per heavy atom. The zero-order valence-electron chi connectivity index (χ0n) is 24.4. The smallest absolute Gasteiger partial charge is 0.346 e. The topological polar surface area (TPSA) is 98.9 Å². The Kier molecular flexibility index (Phi) is 11.7. The van der Waals surface area contributed by atoms with Crippen LogP contribution in [0.4, 0.5) is 5.69 Å². The molecule has 0 spiro atoms. The molecular formula is C30H42N3O6S+. The number of unbranched alkanes of at least 4 members (excludes halogenated alkanes) is 2. The molecule has 0 N–H and O–H groups in total. The van der Waals surface area contributed by atoms with Gasteiger partial charge in [0, 0.05) is 29.4 Å². The average Bonchev–Trinajstić information content (AvgIpc) is 3.39. The highest BCUT2D eigenvalue weighted by molar-refractivity contribution is 7.13. The standard InChI is InChI=1S/C28H36N3O6S.C2H6/c1-4-35-26(33)17-22-19-38-27(29-22)24-16-21-8-9-23(18-25(21)37-28(24)34)30-10-13-31(3,14-11-30)12-6-5-7-15-36-20(2)32;1-2/h8-9,16,18-19H,4-7,10-15,17H2,1-3H3;1-2H3/q+1;. The summed E-state index contributed by atoms with van der Waals surface area (Å²) in [6, 6.07) is 7.81. The first kappa shape index (κ1) is 31.3. The third-order valence-corrected chi connectivity index (χ3v) is 7.89. The Morgan fingerprint density at radius 3 is 2.55 bits per heavy atom. The van der Waals surface area contributed by atoms with Gasteiger partial charge in [0.2, 0.25) is 0 Å². The number of piperazine rings is 1. The molecule has 4 rings (SSSR count). The van der Waals surface area contributed by atoms with Crippen molar-refractivity contribution < 1.29 is 28.0 Å². The van der Waals surface area contributed by atoms with Crippen LogP contribution in [0.15, 0.2) is 38.9 Å². The van der Waals surface area contributed by atoms with E-state index in [0.29, 0.717) is 35.1 Å². The first-order valence-corrected chi connectivity index (χ1v) is 15.0. The number of esters is 2.